The van der Waals surface area contributed by atoms with Crippen LogP contribution in [-0.2, 0) is 4.79 Å². The van der Waals surface area contributed by atoms with Crippen molar-refractivity contribution in [2.24, 2.45) is 0 Å². The van der Waals surface area contributed by atoms with Gasteiger partial charge in [0.05, 0.1) is 14.2 Å². The average molecular weight is 403 g/mol. The normalized spacial score (nSPS) is 16.9. The molecule has 1 saturated heterocycles. The molecule has 0 N–H and O–H groups in total. The Morgan fingerprint density at radius 3 is 2.36 bits per heavy atom. The number of amides is 2. The van der Waals surface area contributed by atoms with Gasteiger partial charge in [0.1, 0.15) is 23.1 Å². The van der Waals surface area contributed by atoms with Crippen molar-refractivity contribution < 1.29 is 19.1 Å². The number of halogens is 1. The van der Waals surface area contributed by atoms with E-state index < -0.39 is 6.04 Å². The lowest BCUT2D eigenvalue weighted by atomic mass is 10.1. The predicted molar refractivity (Wildman–Crippen MR) is 109 cm³/mol. The molecule has 0 aliphatic carbocycles. The smallest absolute Gasteiger partial charge is 0.262 e. The first-order chi connectivity index (χ1) is 13.4. The van der Waals surface area contributed by atoms with Crippen LogP contribution in [0.25, 0.3) is 0 Å². The molecule has 2 amide bonds. The van der Waals surface area contributed by atoms with Gasteiger partial charge in [-0.2, -0.15) is 0 Å². The molecule has 3 rings (SSSR count). The van der Waals surface area contributed by atoms with Crippen LogP contribution in [0, 0.1) is 6.92 Å². The number of hydrogen-bond donors (Lipinski definition) is 0. The summed E-state index contributed by atoms with van der Waals surface area (Å²) >= 11 is 6.12. The number of nitrogens with zero attached hydrogens (tertiary/aromatic N) is 2. The highest BCUT2D eigenvalue weighted by Gasteiger charge is 2.37. The zero-order valence-corrected chi connectivity index (χ0v) is 17.1. The van der Waals surface area contributed by atoms with Crippen LogP contribution in [0.2, 0.25) is 5.02 Å². The minimum atomic E-state index is -0.630. The van der Waals surface area contributed by atoms with Gasteiger partial charge in [-0.3, -0.25) is 9.59 Å². The molecule has 28 heavy (non-hydrogen) atoms. The van der Waals surface area contributed by atoms with E-state index in [1.165, 1.54) is 14.2 Å². The Balaban J connectivity index is 1.91. The van der Waals surface area contributed by atoms with Crippen molar-refractivity contribution in [3.8, 4) is 11.5 Å². The van der Waals surface area contributed by atoms with Crippen LogP contribution < -0.4 is 14.4 Å². The maximum Gasteiger partial charge on any atom is 0.262 e. The number of methoxy groups -OCH3 is 2. The molecule has 2 aromatic carbocycles. The molecule has 1 aliphatic rings. The van der Waals surface area contributed by atoms with Gasteiger partial charge in [0.2, 0.25) is 5.91 Å². The highest BCUT2D eigenvalue weighted by atomic mass is 35.5. The summed E-state index contributed by atoms with van der Waals surface area (Å²) in [5.41, 5.74) is 2.04. The summed E-state index contributed by atoms with van der Waals surface area (Å²) in [7, 11) is 3.00. The number of ether oxygens (including phenoxy) is 2. The Morgan fingerprint density at radius 2 is 1.75 bits per heavy atom. The Morgan fingerprint density at radius 1 is 1.11 bits per heavy atom. The van der Waals surface area contributed by atoms with Crippen molar-refractivity contribution in [1.29, 1.82) is 0 Å². The van der Waals surface area contributed by atoms with Crippen molar-refractivity contribution >= 4 is 29.1 Å². The monoisotopic (exact) mass is 402 g/mol. The number of carbonyl (C=O) groups is 2. The van der Waals surface area contributed by atoms with Crippen molar-refractivity contribution in [2.75, 3.05) is 32.2 Å². The maximum atomic E-state index is 13.3. The van der Waals surface area contributed by atoms with E-state index in [4.69, 9.17) is 21.1 Å². The molecular formula is C21H23ClN2O4. The molecule has 1 atom stereocenters. The van der Waals surface area contributed by atoms with Gasteiger partial charge in [0.25, 0.3) is 5.91 Å². The number of rotatable bonds is 4. The summed E-state index contributed by atoms with van der Waals surface area (Å²) in [6.07, 6.45) is 0. The number of hydrogen-bond acceptors (Lipinski definition) is 4. The SMILES string of the molecule is COc1cccc(OC)c1C(=O)N1CCN(c2cc(Cl)ccc2C)C(=O)C1C. The molecule has 0 bridgehead atoms. The second-order valence-electron chi connectivity index (χ2n) is 6.63. The number of anilines is 1. The van der Waals surface area contributed by atoms with Gasteiger partial charge in [0, 0.05) is 23.8 Å². The minimum Gasteiger partial charge on any atom is -0.496 e. The lowest BCUT2D eigenvalue weighted by Crippen LogP contribution is -2.58. The van der Waals surface area contributed by atoms with Crippen LogP contribution in [0.1, 0.15) is 22.8 Å². The largest absolute Gasteiger partial charge is 0.496 e. The molecule has 1 aliphatic heterocycles. The van der Waals surface area contributed by atoms with Crippen LogP contribution in [0.3, 0.4) is 0 Å². The maximum absolute atomic E-state index is 13.3. The zero-order valence-electron chi connectivity index (χ0n) is 16.4. The van der Waals surface area contributed by atoms with Gasteiger partial charge >= 0.3 is 0 Å². The number of benzene rings is 2. The molecule has 0 saturated carbocycles. The van der Waals surface area contributed by atoms with Crippen molar-refractivity contribution in [3.63, 3.8) is 0 Å². The fourth-order valence-corrected chi connectivity index (χ4v) is 3.63. The molecule has 6 nitrogen and oxygen atoms in total. The van der Waals surface area contributed by atoms with Crippen molar-refractivity contribution in [3.05, 3.63) is 52.5 Å². The molecule has 0 aromatic heterocycles. The first kappa shape index (κ1) is 20.0. The average Bonchev–Trinajstić information content (AvgIpc) is 2.70. The quantitative estimate of drug-likeness (QED) is 0.784. The van der Waals surface area contributed by atoms with E-state index in [1.807, 2.05) is 13.0 Å². The van der Waals surface area contributed by atoms with Gasteiger partial charge < -0.3 is 19.3 Å². The highest BCUT2D eigenvalue weighted by Crippen LogP contribution is 2.32. The third-order valence-electron chi connectivity index (χ3n) is 5.02. The van der Waals surface area contributed by atoms with E-state index in [9.17, 15) is 9.59 Å². The second kappa shape index (κ2) is 8.10. The van der Waals surface area contributed by atoms with Crippen molar-refractivity contribution in [1.82, 2.24) is 4.90 Å². The zero-order chi connectivity index (χ0) is 20.4. The Bertz CT molecular complexity index is 893. The minimum absolute atomic E-state index is 0.154. The second-order valence-corrected chi connectivity index (χ2v) is 7.07. The number of aryl methyl sites for hydroxylation is 1. The third kappa shape index (κ3) is 3.52. The van der Waals surface area contributed by atoms with Gasteiger partial charge in [-0.05, 0) is 43.7 Å². The van der Waals surface area contributed by atoms with Crippen LogP contribution in [0.4, 0.5) is 5.69 Å². The molecule has 1 fully saturated rings. The van der Waals surface area contributed by atoms with Crippen LogP contribution in [0.5, 0.6) is 11.5 Å². The lowest BCUT2D eigenvalue weighted by Gasteiger charge is -2.40. The molecule has 7 heteroatoms. The Hall–Kier alpha value is -2.73. The fourth-order valence-electron chi connectivity index (χ4n) is 3.47. The fraction of sp³-hybridized carbons (Fsp3) is 0.333. The standard InChI is InChI=1S/C21H23ClN2O4/c1-13-8-9-15(22)12-16(13)24-11-10-23(14(2)20(24)25)21(26)19-17(27-3)6-5-7-18(19)28-4/h5-9,12,14H,10-11H2,1-4H3. The first-order valence-electron chi connectivity index (χ1n) is 8.98. The molecule has 1 heterocycles. The molecule has 2 aromatic rings. The summed E-state index contributed by atoms with van der Waals surface area (Å²) < 4.78 is 10.7. The summed E-state index contributed by atoms with van der Waals surface area (Å²) in [4.78, 5) is 29.6. The van der Waals surface area contributed by atoms with E-state index in [-0.39, 0.29) is 11.8 Å². The van der Waals surface area contributed by atoms with Gasteiger partial charge in [-0.1, -0.05) is 23.7 Å². The van der Waals surface area contributed by atoms with Crippen molar-refractivity contribution in [2.45, 2.75) is 19.9 Å². The van der Waals surface area contributed by atoms with E-state index in [0.717, 1.165) is 11.3 Å². The molecule has 1 unspecified atom stereocenters. The van der Waals surface area contributed by atoms with E-state index in [1.54, 1.807) is 47.1 Å². The Kier molecular flexibility index (Phi) is 5.79. The van der Waals surface area contributed by atoms with E-state index in [2.05, 4.69) is 0 Å². The molecule has 0 spiro atoms. The number of piperazine rings is 1. The first-order valence-corrected chi connectivity index (χ1v) is 9.36. The Labute approximate surface area is 169 Å². The van der Waals surface area contributed by atoms with Crippen LogP contribution >= 0.6 is 11.6 Å². The van der Waals surface area contributed by atoms with Gasteiger partial charge in [-0.15, -0.1) is 0 Å². The van der Waals surface area contributed by atoms with Gasteiger partial charge in [0.15, 0.2) is 0 Å². The summed E-state index contributed by atoms with van der Waals surface area (Å²) in [6, 6.07) is 9.98. The predicted octanol–water partition coefficient (Wildman–Crippen LogP) is 3.54. The highest BCUT2D eigenvalue weighted by molar-refractivity contribution is 6.31. The van der Waals surface area contributed by atoms with Crippen LogP contribution in [-0.4, -0.2) is 50.1 Å². The number of carbonyl (C=O) groups excluding carboxylic acids is 2. The van der Waals surface area contributed by atoms with E-state index in [0.29, 0.717) is 35.2 Å². The molecule has 0 radical (unpaired) electrons. The van der Waals surface area contributed by atoms with Gasteiger partial charge in [-0.25, -0.2) is 0 Å². The lowest BCUT2D eigenvalue weighted by molar-refractivity contribution is -0.124. The summed E-state index contributed by atoms with van der Waals surface area (Å²) in [5, 5.41) is 0.568. The molecular weight excluding hydrogens is 380 g/mol. The third-order valence-corrected chi connectivity index (χ3v) is 5.26. The van der Waals surface area contributed by atoms with E-state index >= 15 is 0 Å². The van der Waals surface area contributed by atoms with Crippen LogP contribution in [0.15, 0.2) is 36.4 Å². The molecule has 148 valence electrons. The summed E-state index contributed by atoms with van der Waals surface area (Å²) in [5.74, 6) is 0.380. The topological polar surface area (TPSA) is 59.1 Å². The summed E-state index contributed by atoms with van der Waals surface area (Å²) in [6.45, 7) is 4.43.